The van der Waals surface area contributed by atoms with E-state index in [9.17, 15) is 24.6 Å². The Morgan fingerprint density at radius 2 is 1.96 bits per heavy atom. The van der Waals surface area contributed by atoms with E-state index in [0.29, 0.717) is 11.3 Å². The minimum atomic E-state index is -1.66. The van der Waals surface area contributed by atoms with Gasteiger partial charge in [0, 0.05) is 18.9 Å². The van der Waals surface area contributed by atoms with Gasteiger partial charge in [-0.05, 0) is 26.8 Å². The predicted molar refractivity (Wildman–Crippen MR) is 93.2 cm³/mol. The summed E-state index contributed by atoms with van der Waals surface area (Å²) in [4.78, 5) is 36.7. The van der Waals surface area contributed by atoms with Crippen LogP contribution in [0.2, 0.25) is 0 Å². The van der Waals surface area contributed by atoms with Crippen LogP contribution in [0.1, 0.15) is 39.7 Å². The lowest BCUT2D eigenvalue weighted by atomic mass is 9.91. The third-order valence-corrected chi connectivity index (χ3v) is 4.49. The first kappa shape index (κ1) is 19.0. The van der Waals surface area contributed by atoms with Crippen LogP contribution in [-0.2, 0) is 19.9 Å². The van der Waals surface area contributed by atoms with Gasteiger partial charge in [-0.2, -0.15) is 0 Å². The third kappa shape index (κ3) is 3.18. The number of hydrogen-bond acceptors (Lipinski definition) is 7. The van der Waals surface area contributed by atoms with Crippen molar-refractivity contribution in [3.05, 3.63) is 23.8 Å². The molecule has 3 atom stereocenters. The highest BCUT2D eigenvalue weighted by molar-refractivity contribution is 5.85. The maximum absolute atomic E-state index is 12.7. The van der Waals surface area contributed by atoms with Gasteiger partial charge in [0.25, 0.3) is 0 Å². The van der Waals surface area contributed by atoms with Crippen molar-refractivity contribution in [3.8, 4) is 5.75 Å². The lowest BCUT2D eigenvalue weighted by molar-refractivity contribution is -0.142. The standard InChI is InChI=1S/C18H22N2O7/c1-9(21)26-12-7-5-6-10-13(12)19-15-18(10,25)8-11(14(22)23)20(15)16(24)27-17(2,3)4/h5-7,11,15,19,25H,8H2,1-4H3,(H,22,23). The second kappa shape index (κ2) is 6.12. The number of benzene rings is 1. The van der Waals surface area contributed by atoms with Crippen LogP contribution >= 0.6 is 0 Å². The quantitative estimate of drug-likeness (QED) is 0.524. The Labute approximate surface area is 155 Å². The fourth-order valence-electron chi connectivity index (χ4n) is 3.53. The van der Waals surface area contributed by atoms with Gasteiger partial charge in [0.15, 0.2) is 5.75 Å². The van der Waals surface area contributed by atoms with Crippen molar-refractivity contribution in [1.29, 1.82) is 0 Å². The Morgan fingerprint density at radius 3 is 2.52 bits per heavy atom. The first-order valence-corrected chi connectivity index (χ1v) is 8.49. The van der Waals surface area contributed by atoms with E-state index in [4.69, 9.17) is 9.47 Å². The average molecular weight is 378 g/mol. The highest BCUT2D eigenvalue weighted by atomic mass is 16.6. The summed E-state index contributed by atoms with van der Waals surface area (Å²) in [6, 6.07) is 3.47. The Kier molecular flexibility index (Phi) is 4.30. The van der Waals surface area contributed by atoms with Crippen molar-refractivity contribution >= 4 is 23.7 Å². The molecular weight excluding hydrogens is 356 g/mol. The summed E-state index contributed by atoms with van der Waals surface area (Å²) in [6.45, 7) is 6.24. The smallest absolute Gasteiger partial charge is 0.412 e. The summed E-state index contributed by atoms with van der Waals surface area (Å²) in [5.74, 6) is -1.59. The molecule has 3 unspecified atom stereocenters. The number of anilines is 1. The van der Waals surface area contributed by atoms with Gasteiger partial charge in [0.05, 0.1) is 5.69 Å². The van der Waals surface area contributed by atoms with Crippen LogP contribution in [0.3, 0.4) is 0 Å². The number of nitrogens with zero attached hydrogens (tertiary/aromatic N) is 1. The second-order valence-electron chi connectivity index (χ2n) is 7.69. The van der Waals surface area contributed by atoms with E-state index in [1.807, 2.05) is 0 Å². The number of fused-ring (bicyclic) bond motifs is 3. The Bertz CT molecular complexity index is 816. The van der Waals surface area contributed by atoms with Crippen molar-refractivity contribution < 1.29 is 34.1 Å². The molecule has 9 nitrogen and oxygen atoms in total. The van der Waals surface area contributed by atoms with Crippen molar-refractivity contribution in [3.63, 3.8) is 0 Å². The lowest BCUT2D eigenvalue weighted by Gasteiger charge is -2.31. The zero-order valence-electron chi connectivity index (χ0n) is 15.5. The molecule has 3 rings (SSSR count). The monoisotopic (exact) mass is 378 g/mol. The van der Waals surface area contributed by atoms with Gasteiger partial charge < -0.3 is 25.0 Å². The summed E-state index contributed by atoms with van der Waals surface area (Å²) >= 11 is 0. The maximum Gasteiger partial charge on any atom is 0.412 e. The van der Waals surface area contributed by atoms with Gasteiger partial charge in [-0.25, -0.2) is 9.59 Å². The van der Waals surface area contributed by atoms with Gasteiger partial charge in [0.2, 0.25) is 0 Å². The predicted octanol–water partition coefficient (Wildman–Crippen LogP) is 1.65. The summed E-state index contributed by atoms with van der Waals surface area (Å²) < 4.78 is 10.5. The van der Waals surface area contributed by atoms with E-state index in [1.54, 1.807) is 39.0 Å². The molecule has 1 amide bonds. The van der Waals surface area contributed by atoms with Gasteiger partial charge in [-0.1, -0.05) is 12.1 Å². The molecule has 1 saturated heterocycles. The molecule has 0 bridgehead atoms. The number of likely N-dealkylation sites (tertiary alicyclic amines) is 1. The molecule has 0 saturated carbocycles. The van der Waals surface area contributed by atoms with E-state index in [-0.39, 0.29) is 12.2 Å². The van der Waals surface area contributed by atoms with Crippen LogP contribution < -0.4 is 10.1 Å². The zero-order chi connectivity index (χ0) is 20.1. The summed E-state index contributed by atoms with van der Waals surface area (Å²) in [6.07, 6.45) is -2.15. The Balaban J connectivity index is 2.03. The lowest BCUT2D eigenvalue weighted by Crippen LogP contribution is -2.51. The summed E-state index contributed by atoms with van der Waals surface area (Å²) in [7, 11) is 0. The van der Waals surface area contributed by atoms with E-state index in [0.717, 1.165) is 4.90 Å². The molecule has 1 aromatic carbocycles. The first-order valence-electron chi connectivity index (χ1n) is 8.49. The van der Waals surface area contributed by atoms with Gasteiger partial charge in [-0.3, -0.25) is 9.69 Å². The number of rotatable bonds is 2. The van der Waals surface area contributed by atoms with Crippen LogP contribution in [0.25, 0.3) is 0 Å². The molecule has 1 aromatic rings. The van der Waals surface area contributed by atoms with Crippen LogP contribution in [0.15, 0.2) is 18.2 Å². The minimum Gasteiger partial charge on any atom is -0.480 e. The molecule has 0 aliphatic carbocycles. The number of carboxylic acid groups (broad SMARTS) is 1. The number of para-hydroxylation sites is 1. The largest absolute Gasteiger partial charge is 0.480 e. The number of amides is 1. The Hall–Kier alpha value is -2.81. The maximum atomic E-state index is 12.7. The van der Waals surface area contributed by atoms with E-state index < -0.39 is 41.4 Å². The normalized spacial score (nSPS) is 26.0. The molecular formula is C18H22N2O7. The Morgan fingerprint density at radius 1 is 1.30 bits per heavy atom. The van der Waals surface area contributed by atoms with Crippen LogP contribution in [0.5, 0.6) is 5.75 Å². The molecule has 9 heteroatoms. The number of aliphatic carboxylic acids is 1. The number of carboxylic acids is 1. The summed E-state index contributed by atoms with van der Waals surface area (Å²) in [5.41, 5.74) is -1.79. The molecule has 0 aromatic heterocycles. The molecule has 2 aliphatic heterocycles. The van der Waals surface area contributed by atoms with Crippen LogP contribution in [-0.4, -0.2) is 51.0 Å². The summed E-state index contributed by atoms with van der Waals surface area (Å²) in [5, 5.41) is 23.8. The molecule has 27 heavy (non-hydrogen) atoms. The molecule has 2 heterocycles. The zero-order valence-corrected chi connectivity index (χ0v) is 15.5. The fourth-order valence-corrected chi connectivity index (χ4v) is 3.53. The van der Waals surface area contributed by atoms with Crippen LogP contribution in [0, 0.1) is 0 Å². The number of ether oxygens (including phenoxy) is 2. The highest BCUT2D eigenvalue weighted by Crippen LogP contribution is 2.52. The first-order chi connectivity index (χ1) is 12.4. The molecule has 1 fully saturated rings. The van der Waals surface area contributed by atoms with Gasteiger partial charge in [-0.15, -0.1) is 0 Å². The molecule has 2 aliphatic rings. The number of nitrogens with one attached hydrogen (secondary N) is 1. The average Bonchev–Trinajstić information content (AvgIpc) is 2.95. The number of esters is 1. The highest BCUT2D eigenvalue weighted by Gasteiger charge is 2.61. The number of aliphatic hydroxyl groups is 1. The topological polar surface area (TPSA) is 125 Å². The van der Waals surface area contributed by atoms with E-state index in [1.165, 1.54) is 6.92 Å². The van der Waals surface area contributed by atoms with Gasteiger partial charge >= 0.3 is 18.0 Å². The van der Waals surface area contributed by atoms with Crippen molar-refractivity contribution in [2.45, 2.75) is 57.5 Å². The fraction of sp³-hybridized carbons (Fsp3) is 0.500. The van der Waals surface area contributed by atoms with Crippen molar-refractivity contribution in [1.82, 2.24) is 4.90 Å². The van der Waals surface area contributed by atoms with E-state index in [2.05, 4.69) is 5.32 Å². The molecule has 146 valence electrons. The molecule has 3 N–H and O–H groups in total. The van der Waals surface area contributed by atoms with E-state index >= 15 is 0 Å². The SMILES string of the molecule is CC(=O)Oc1cccc2c1NC1N(C(=O)OC(C)(C)C)C(C(=O)O)CC21O. The third-order valence-electron chi connectivity index (χ3n) is 4.49. The number of carbonyl (C=O) groups is 3. The number of carbonyl (C=O) groups excluding carboxylic acids is 2. The molecule has 0 spiro atoms. The van der Waals surface area contributed by atoms with Gasteiger partial charge in [0.1, 0.15) is 23.4 Å². The molecule has 0 radical (unpaired) electrons. The van der Waals surface area contributed by atoms with Crippen molar-refractivity contribution in [2.75, 3.05) is 5.32 Å². The van der Waals surface area contributed by atoms with Crippen LogP contribution in [0.4, 0.5) is 10.5 Å². The van der Waals surface area contributed by atoms with Crippen molar-refractivity contribution in [2.24, 2.45) is 0 Å². The number of hydrogen-bond donors (Lipinski definition) is 3. The second-order valence-corrected chi connectivity index (χ2v) is 7.69. The minimum absolute atomic E-state index is 0.193.